The zero-order valence-electron chi connectivity index (χ0n) is 14.9. The maximum Gasteiger partial charge on any atom is 0.164 e. The van der Waals surface area contributed by atoms with Crippen LogP contribution in [0.3, 0.4) is 0 Å². The maximum atomic E-state index is 10.7. The van der Waals surface area contributed by atoms with Crippen molar-refractivity contribution in [1.29, 1.82) is 0 Å². The number of aliphatic hydroxyl groups is 1. The summed E-state index contributed by atoms with van der Waals surface area (Å²) < 4.78 is 14.5. The van der Waals surface area contributed by atoms with Gasteiger partial charge in [-0.05, 0) is 46.3 Å². The number of fused-ring (bicyclic) bond motifs is 2. The molecule has 1 N–H and O–H groups in total. The Morgan fingerprint density at radius 3 is 2.68 bits per heavy atom. The van der Waals surface area contributed by atoms with E-state index in [1.807, 2.05) is 43.7 Å². The van der Waals surface area contributed by atoms with Crippen molar-refractivity contribution in [3.63, 3.8) is 0 Å². The van der Waals surface area contributed by atoms with E-state index >= 15 is 0 Å². The molecule has 1 saturated heterocycles. The SMILES string of the molecule is CC1(C)O[C@H]2[C@H](n3ccc4c(Cl)ncnc43)C=C(C(C)(C)O)[C@@]2(C)O1. The molecule has 1 aliphatic carbocycles. The Morgan fingerprint density at radius 1 is 1.28 bits per heavy atom. The number of aromatic nitrogens is 3. The molecule has 0 bridgehead atoms. The minimum Gasteiger partial charge on any atom is -0.386 e. The Labute approximate surface area is 151 Å². The fourth-order valence-electron chi connectivity index (χ4n) is 4.26. The number of hydrogen-bond donors (Lipinski definition) is 1. The molecule has 6 nitrogen and oxygen atoms in total. The molecular formula is C18H22ClN3O3. The molecular weight excluding hydrogens is 342 g/mol. The standard InChI is InChI=1S/C18H22ClN3O3/c1-16(2,23)12-8-11(13-18(12,5)25-17(3,4)24-13)22-7-6-10-14(19)20-9-21-15(10)22/h6-9,11,13,23H,1-5H3/t11-,13+,18-/m1/s1. The summed E-state index contributed by atoms with van der Waals surface area (Å²) in [6.07, 6.45) is 5.11. The second-order valence-corrected chi connectivity index (χ2v) is 8.26. The van der Waals surface area contributed by atoms with Crippen LogP contribution in [-0.2, 0) is 9.47 Å². The Balaban J connectivity index is 1.89. The highest BCUT2D eigenvalue weighted by Crippen LogP contribution is 2.53. The van der Waals surface area contributed by atoms with Gasteiger partial charge in [-0.3, -0.25) is 0 Å². The molecule has 0 radical (unpaired) electrons. The number of rotatable bonds is 2. The third-order valence-electron chi connectivity index (χ3n) is 5.03. The summed E-state index contributed by atoms with van der Waals surface area (Å²) in [6.45, 7) is 9.30. The molecule has 3 atom stereocenters. The first-order chi connectivity index (χ1) is 11.5. The number of halogens is 1. The molecule has 0 amide bonds. The van der Waals surface area contributed by atoms with Crippen molar-refractivity contribution in [2.24, 2.45) is 0 Å². The van der Waals surface area contributed by atoms with Crippen LogP contribution in [-0.4, -0.2) is 42.7 Å². The lowest BCUT2D eigenvalue weighted by atomic mass is 9.85. The fourth-order valence-corrected chi connectivity index (χ4v) is 4.45. The monoisotopic (exact) mass is 363 g/mol. The molecule has 2 aliphatic rings. The maximum absolute atomic E-state index is 10.7. The second kappa shape index (κ2) is 5.04. The molecule has 0 saturated carbocycles. The van der Waals surface area contributed by atoms with Gasteiger partial charge in [0.2, 0.25) is 0 Å². The molecule has 4 rings (SSSR count). The molecule has 2 aromatic rings. The lowest BCUT2D eigenvalue weighted by Gasteiger charge is -2.34. The van der Waals surface area contributed by atoms with Gasteiger partial charge < -0.3 is 19.1 Å². The van der Waals surface area contributed by atoms with Crippen LogP contribution < -0.4 is 0 Å². The smallest absolute Gasteiger partial charge is 0.164 e. The minimum absolute atomic E-state index is 0.170. The third kappa shape index (κ3) is 2.43. The molecule has 25 heavy (non-hydrogen) atoms. The molecule has 7 heteroatoms. The van der Waals surface area contributed by atoms with Crippen LogP contribution in [0.5, 0.6) is 0 Å². The Hall–Kier alpha value is -1.47. The van der Waals surface area contributed by atoms with E-state index in [4.69, 9.17) is 21.1 Å². The van der Waals surface area contributed by atoms with Crippen LogP contribution in [0.25, 0.3) is 11.0 Å². The number of ether oxygens (including phenoxy) is 2. The number of hydrogen-bond acceptors (Lipinski definition) is 5. The summed E-state index contributed by atoms with van der Waals surface area (Å²) in [5, 5.41) is 11.9. The highest BCUT2D eigenvalue weighted by Gasteiger charge is 2.61. The van der Waals surface area contributed by atoms with E-state index in [1.165, 1.54) is 6.33 Å². The first-order valence-corrected chi connectivity index (χ1v) is 8.71. The zero-order valence-corrected chi connectivity index (χ0v) is 15.7. The topological polar surface area (TPSA) is 69.4 Å². The van der Waals surface area contributed by atoms with Gasteiger partial charge in [0.05, 0.1) is 17.0 Å². The first-order valence-electron chi connectivity index (χ1n) is 8.33. The second-order valence-electron chi connectivity index (χ2n) is 7.90. The quantitative estimate of drug-likeness (QED) is 0.655. The molecule has 0 unspecified atom stereocenters. The lowest BCUT2D eigenvalue weighted by molar-refractivity contribution is -0.160. The van der Waals surface area contributed by atoms with Gasteiger partial charge in [-0.1, -0.05) is 17.7 Å². The van der Waals surface area contributed by atoms with E-state index in [9.17, 15) is 5.11 Å². The molecule has 2 aromatic heterocycles. The highest BCUT2D eigenvalue weighted by atomic mass is 35.5. The zero-order chi connectivity index (χ0) is 18.2. The largest absolute Gasteiger partial charge is 0.386 e. The van der Waals surface area contributed by atoms with E-state index in [1.54, 1.807) is 13.8 Å². The normalized spacial score (nSPS) is 31.4. The van der Waals surface area contributed by atoms with Gasteiger partial charge in [-0.2, -0.15) is 0 Å². The average molecular weight is 364 g/mol. The lowest BCUT2D eigenvalue weighted by Crippen LogP contribution is -2.44. The summed E-state index contributed by atoms with van der Waals surface area (Å²) in [5.41, 5.74) is -0.211. The van der Waals surface area contributed by atoms with Crippen LogP contribution in [0.1, 0.15) is 40.7 Å². The van der Waals surface area contributed by atoms with Crippen molar-refractivity contribution in [2.75, 3.05) is 0 Å². The first kappa shape index (κ1) is 17.0. The van der Waals surface area contributed by atoms with E-state index < -0.39 is 17.0 Å². The van der Waals surface area contributed by atoms with E-state index in [-0.39, 0.29) is 12.1 Å². The van der Waals surface area contributed by atoms with E-state index in [0.717, 1.165) is 16.6 Å². The summed E-state index contributed by atoms with van der Waals surface area (Å²) in [4.78, 5) is 8.42. The van der Waals surface area contributed by atoms with Gasteiger partial charge in [-0.15, -0.1) is 0 Å². The van der Waals surface area contributed by atoms with Crippen molar-refractivity contribution in [3.05, 3.63) is 35.4 Å². The van der Waals surface area contributed by atoms with Crippen molar-refractivity contribution >= 4 is 22.6 Å². The van der Waals surface area contributed by atoms with Crippen molar-refractivity contribution in [3.8, 4) is 0 Å². The minimum atomic E-state index is -1.03. The Morgan fingerprint density at radius 2 is 2.00 bits per heavy atom. The summed E-state index contributed by atoms with van der Waals surface area (Å²) >= 11 is 6.19. The van der Waals surface area contributed by atoms with Gasteiger partial charge in [0.25, 0.3) is 0 Å². The van der Waals surface area contributed by atoms with Crippen molar-refractivity contribution in [2.45, 2.75) is 63.8 Å². The van der Waals surface area contributed by atoms with Crippen LogP contribution in [0.2, 0.25) is 5.15 Å². The number of nitrogens with zero attached hydrogens (tertiary/aromatic N) is 3. The van der Waals surface area contributed by atoms with Gasteiger partial charge in [0.15, 0.2) is 5.79 Å². The molecule has 0 aromatic carbocycles. The molecule has 1 aliphatic heterocycles. The average Bonchev–Trinajstić information content (AvgIpc) is 3.06. The summed E-state index contributed by atoms with van der Waals surface area (Å²) in [7, 11) is 0. The predicted octanol–water partition coefficient (Wildman–Crippen LogP) is 3.25. The molecule has 3 heterocycles. The van der Waals surface area contributed by atoms with Crippen LogP contribution in [0.15, 0.2) is 30.2 Å². The Kier molecular flexibility index (Phi) is 3.42. The predicted molar refractivity (Wildman–Crippen MR) is 94.4 cm³/mol. The summed E-state index contributed by atoms with van der Waals surface area (Å²) in [6, 6.07) is 1.72. The third-order valence-corrected chi connectivity index (χ3v) is 5.34. The van der Waals surface area contributed by atoms with Crippen molar-refractivity contribution < 1.29 is 14.6 Å². The van der Waals surface area contributed by atoms with E-state index in [0.29, 0.717) is 5.15 Å². The molecule has 1 fully saturated rings. The van der Waals surface area contributed by atoms with Crippen LogP contribution >= 0.6 is 11.6 Å². The van der Waals surface area contributed by atoms with E-state index in [2.05, 4.69) is 9.97 Å². The Bertz CT molecular complexity index is 883. The highest BCUT2D eigenvalue weighted by molar-refractivity contribution is 6.33. The van der Waals surface area contributed by atoms with Crippen LogP contribution in [0, 0.1) is 0 Å². The van der Waals surface area contributed by atoms with Crippen LogP contribution in [0.4, 0.5) is 0 Å². The molecule has 0 spiro atoms. The molecule has 134 valence electrons. The van der Waals surface area contributed by atoms with Gasteiger partial charge in [-0.25, -0.2) is 9.97 Å². The van der Waals surface area contributed by atoms with Gasteiger partial charge >= 0.3 is 0 Å². The van der Waals surface area contributed by atoms with Gasteiger partial charge in [0, 0.05) is 6.20 Å². The summed E-state index contributed by atoms with van der Waals surface area (Å²) in [5.74, 6) is -0.738. The van der Waals surface area contributed by atoms with Crippen molar-refractivity contribution in [1.82, 2.24) is 14.5 Å². The van der Waals surface area contributed by atoms with Gasteiger partial charge in [0.1, 0.15) is 28.8 Å². The fraction of sp³-hybridized carbons (Fsp3) is 0.556.